The molecular weight excluding hydrogens is 428 g/mol. The molecule has 1 amide bonds. The van der Waals surface area contributed by atoms with Crippen LogP contribution in [0.1, 0.15) is 59.9 Å². The first-order chi connectivity index (χ1) is 16.7. The number of pyridine rings is 1. The minimum absolute atomic E-state index is 0.0955. The van der Waals surface area contributed by atoms with Gasteiger partial charge < -0.3 is 4.90 Å². The van der Waals surface area contributed by atoms with E-state index in [4.69, 9.17) is 25.0 Å². The van der Waals surface area contributed by atoms with Crippen LogP contribution in [0, 0.1) is 0 Å². The van der Waals surface area contributed by atoms with Gasteiger partial charge in [-0.25, -0.2) is 9.97 Å². The van der Waals surface area contributed by atoms with E-state index in [1.807, 2.05) is 46.7 Å². The van der Waals surface area contributed by atoms with E-state index < -0.39 is 0 Å². The summed E-state index contributed by atoms with van der Waals surface area (Å²) in [6.45, 7) is 1.64. The SMILES string of the molecule is CN1Cc2nc3ccccn3c2-c2cnc3c(n2)C(=NC3)c2cn(nc2C2CC2)CCCC1=O. The van der Waals surface area contributed by atoms with Crippen LogP contribution in [-0.4, -0.2) is 52.7 Å². The molecule has 34 heavy (non-hydrogen) atoms. The predicted molar refractivity (Wildman–Crippen MR) is 125 cm³/mol. The second-order valence-electron chi connectivity index (χ2n) is 9.37. The van der Waals surface area contributed by atoms with E-state index in [0.29, 0.717) is 32.0 Å². The fraction of sp³-hybridized carbons (Fsp3) is 0.360. The molecule has 2 aliphatic heterocycles. The van der Waals surface area contributed by atoms with Crippen molar-refractivity contribution in [3.05, 3.63) is 65.1 Å². The van der Waals surface area contributed by atoms with Crippen LogP contribution in [0.3, 0.4) is 0 Å². The van der Waals surface area contributed by atoms with E-state index in [0.717, 1.165) is 70.3 Å². The number of carbonyl (C=O) groups is 1. The summed E-state index contributed by atoms with van der Waals surface area (Å²) >= 11 is 0. The quantitative estimate of drug-likeness (QED) is 0.443. The number of aliphatic imine (C=N–C) groups is 1. The summed E-state index contributed by atoms with van der Waals surface area (Å²) in [5, 5.41) is 4.91. The van der Waals surface area contributed by atoms with Crippen molar-refractivity contribution in [1.29, 1.82) is 0 Å². The van der Waals surface area contributed by atoms with Gasteiger partial charge in [-0.3, -0.25) is 23.9 Å². The van der Waals surface area contributed by atoms with Gasteiger partial charge in [0, 0.05) is 43.9 Å². The molecule has 1 aliphatic carbocycles. The molecule has 0 radical (unpaired) electrons. The number of fused-ring (bicyclic) bond motifs is 8. The van der Waals surface area contributed by atoms with E-state index in [1.54, 1.807) is 4.90 Å². The van der Waals surface area contributed by atoms with Gasteiger partial charge in [-0.2, -0.15) is 5.10 Å². The molecule has 170 valence electrons. The summed E-state index contributed by atoms with van der Waals surface area (Å²) in [5.41, 5.74) is 8.00. The van der Waals surface area contributed by atoms with Gasteiger partial charge in [-0.1, -0.05) is 6.07 Å². The molecule has 0 unspecified atom stereocenters. The molecule has 7 rings (SSSR count). The first kappa shape index (κ1) is 19.6. The molecule has 9 nitrogen and oxygen atoms in total. The van der Waals surface area contributed by atoms with Crippen molar-refractivity contribution in [1.82, 2.24) is 34.0 Å². The molecule has 9 heteroatoms. The fourth-order valence-electron chi connectivity index (χ4n) is 4.99. The number of carbonyl (C=O) groups excluding carboxylic acids is 1. The van der Waals surface area contributed by atoms with Crippen LogP contribution in [0.15, 0.2) is 41.8 Å². The zero-order valence-electron chi connectivity index (χ0n) is 19.0. The maximum Gasteiger partial charge on any atom is 0.222 e. The maximum atomic E-state index is 12.9. The Kier molecular flexibility index (Phi) is 4.21. The number of aryl methyl sites for hydroxylation is 1. The fourth-order valence-corrected chi connectivity index (χ4v) is 4.99. The number of aromatic nitrogens is 6. The lowest BCUT2D eigenvalue weighted by atomic mass is 10.1. The van der Waals surface area contributed by atoms with Crippen molar-refractivity contribution in [3.63, 3.8) is 0 Å². The lowest BCUT2D eigenvalue weighted by Crippen LogP contribution is -2.26. The Hall–Kier alpha value is -3.88. The minimum atomic E-state index is 0.0955. The van der Waals surface area contributed by atoms with Crippen LogP contribution in [0.4, 0.5) is 0 Å². The molecular formula is C25H24N8O. The standard InChI is InChI=1S/C25H24N8O/c1-31-14-19-25(33-10-3-2-5-20(33)28-19)18-12-26-17-11-27-23(24(17)29-18)16-13-32(9-4-6-21(31)34)30-22(16)15-7-8-15/h2-3,5,10,12-13,15H,4,6-9,11,14H2,1H3. The molecule has 4 aromatic rings. The molecule has 4 aromatic heterocycles. The topological polar surface area (TPSA) is 93.6 Å². The molecule has 1 fully saturated rings. The lowest BCUT2D eigenvalue weighted by Gasteiger charge is -2.17. The first-order valence-corrected chi connectivity index (χ1v) is 11.8. The van der Waals surface area contributed by atoms with Gasteiger partial charge in [0.2, 0.25) is 5.91 Å². The highest BCUT2D eigenvalue weighted by Gasteiger charge is 2.34. The van der Waals surface area contributed by atoms with Crippen molar-refractivity contribution in [2.45, 2.75) is 51.2 Å². The third-order valence-corrected chi connectivity index (χ3v) is 6.90. The van der Waals surface area contributed by atoms with Gasteiger partial charge in [0.1, 0.15) is 17.0 Å². The molecule has 0 spiro atoms. The van der Waals surface area contributed by atoms with E-state index in [9.17, 15) is 4.79 Å². The Morgan fingerprint density at radius 2 is 2.03 bits per heavy atom. The third-order valence-electron chi connectivity index (χ3n) is 6.90. The molecule has 6 heterocycles. The highest BCUT2D eigenvalue weighted by Crippen LogP contribution is 2.42. The normalized spacial score (nSPS) is 18.0. The van der Waals surface area contributed by atoms with Crippen molar-refractivity contribution in [2.24, 2.45) is 4.99 Å². The molecule has 4 bridgehead atoms. The van der Waals surface area contributed by atoms with Gasteiger partial charge in [0.15, 0.2) is 0 Å². The lowest BCUT2D eigenvalue weighted by molar-refractivity contribution is -0.130. The summed E-state index contributed by atoms with van der Waals surface area (Å²) in [6.07, 6.45) is 9.39. The van der Waals surface area contributed by atoms with Crippen molar-refractivity contribution >= 4 is 17.3 Å². The number of hydrogen-bond acceptors (Lipinski definition) is 6. The van der Waals surface area contributed by atoms with E-state index in [1.165, 1.54) is 0 Å². The highest BCUT2D eigenvalue weighted by molar-refractivity contribution is 6.14. The van der Waals surface area contributed by atoms with Crippen LogP contribution >= 0.6 is 0 Å². The van der Waals surface area contributed by atoms with Crippen LogP contribution in [-0.2, 0) is 24.4 Å². The number of nitrogens with zero attached hydrogens (tertiary/aromatic N) is 8. The number of imidazole rings is 1. The van der Waals surface area contributed by atoms with Gasteiger partial charge in [-0.05, 0) is 31.4 Å². The Morgan fingerprint density at radius 1 is 1.12 bits per heavy atom. The molecule has 0 aromatic carbocycles. The average molecular weight is 453 g/mol. The first-order valence-electron chi connectivity index (χ1n) is 11.8. The maximum absolute atomic E-state index is 12.9. The Morgan fingerprint density at radius 3 is 2.91 bits per heavy atom. The zero-order valence-corrected chi connectivity index (χ0v) is 19.0. The van der Waals surface area contributed by atoms with Crippen LogP contribution in [0.5, 0.6) is 0 Å². The number of rotatable bonds is 1. The van der Waals surface area contributed by atoms with Crippen molar-refractivity contribution in [3.8, 4) is 11.4 Å². The molecule has 1 saturated carbocycles. The van der Waals surface area contributed by atoms with Gasteiger partial charge in [0.25, 0.3) is 0 Å². The summed E-state index contributed by atoms with van der Waals surface area (Å²) < 4.78 is 4.01. The molecule has 0 saturated heterocycles. The average Bonchev–Trinajstić information content (AvgIpc) is 3.31. The Labute approximate surface area is 196 Å². The largest absolute Gasteiger partial charge is 0.340 e. The summed E-state index contributed by atoms with van der Waals surface area (Å²) in [6, 6.07) is 5.91. The van der Waals surface area contributed by atoms with E-state index >= 15 is 0 Å². The van der Waals surface area contributed by atoms with Crippen LogP contribution in [0.25, 0.3) is 17.0 Å². The number of amides is 1. The second-order valence-corrected chi connectivity index (χ2v) is 9.37. The second kappa shape index (κ2) is 7.31. The van der Waals surface area contributed by atoms with Gasteiger partial charge in [0.05, 0.1) is 47.8 Å². The minimum Gasteiger partial charge on any atom is -0.340 e. The van der Waals surface area contributed by atoms with Gasteiger partial charge >= 0.3 is 0 Å². The monoisotopic (exact) mass is 452 g/mol. The van der Waals surface area contributed by atoms with Crippen molar-refractivity contribution in [2.75, 3.05) is 7.05 Å². The molecule has 3 aliphatic rings. The van der Waals surface area contributed by atoms with E-state index in [-0.39, 0.29) is 5.91 Å². The number of hydrogen-bond donors (Lipinski definition) is 0. The van der Waals surface area contributed by atoms with Crippen LogP contribution < -0.4 is 0 Å². The third kappa shape index (κ3) is 3.07. The van der Waals surface area contributed by atoms with Gasteiger partial charge in [-0.15, -0.1) is 0 Å². The highest BCUT2D eigenvalue weighted by atomic mass is 16.2. The summed E-state index contributed by atoms with van der Waals surface area (Å²) in [7, 11) is 1.84. The molecule has 0 N–H and O–H groups in total. The zero-order chi connectivity index (χ0) is 22.8. The smallest absolute Gasteiger partial charge is 0.222 e. The van der Waals surface area contributed by atoms with Crippen molar-refractivity contribution < 1.29 is 4.79 Å². The van der Waals surface area contributed by atoms with Crippen LogP contribution in [0.2, 0.25) is 0 Å². The predicted octanol–water partition coefficient (Wildman–Crippen LogP) is 2.97. The van der Waals surface area contributed by atoms with E-state index in [2.05, 4.69) is 6.20 Å². The summed E-state index contributed by atoms with van der Waals surface area (Å²) in [5.74, 6) is 0.578. The Balaban J connectivity index is 1.44. The summed E-state index contributed by atoms with van der Waals surface area (Å²) in [4.78, 5) is 34.2. The Bertz CT molecular complexity index is 1490. The molecule has 0 atom stereocenters.